The second kappa shape index (κ2) is 5.89. The van der Waals surface area contributed by atoms with Crippen molar-refractivity contribution in [3.05, 3.63) is 53.6 Å². The van der Waals surface area contributed by atoms with E-state index in [1.165, 1.54) is 18.7 Å². The molecule has 0 saturated heterocycles. The minimum absolute atomic E-state index is 0.240. The second-order valence-electron chi connectivity index (χ2n) is 4.58. The predicted octanol–water partition coefficient (Wildman–Crippen LogP) is 2.96. The van der Waals surface area contributed by atoms with Crippen molar-refractivity contribution >= 4 is 0 Å². The zero-order valence-electron chi connectivity index (χ0n) is 11.5. The fraction of sp³-hybridized carbons (Fsp3) is 0.333. The third-order valence-corrected chi connectivity index (χ3v) is 3.32. The summed E-state index contributed by atoms with van der Waals surface area (Å²) >= 11 is 0. The molecule has 0 saturated carbocycles. The van der Waals surface area contributed by atoms with Gasteiger partial charge < -0.3 is 14.6 Å². The van der Waals surface area contributed by atoms with E-state index in [2.05, 4.69) is 12.2 Å². The molecular formula is C15H19FN2O. The molecule has 1 heterocycles. The normalized spacial score (nSPS) is 12.4. The van der Waals surface area contributed by atoms with Crippen molar-refractivity contribution in [2.75, 3.05) is 14.2 Å². The Balaban J connectivity index is 2.15. The number of methoxy groups -OCH3 is 1. The van der Waals surface area contributed by atoms with E-state index in [1.54, 1.807) is 12.1 Å². The van der Waals surface area contributed by atoms with Gasteiger partial charge in [-0.25, -0.2) is 4.39 Å². The quantitative estimate of drug-likeness (QED) is 0.896. The molecule has 2 rings (SSSR count). The lowest BCUT2D eigenvalue weighted by Gasteiger charge is -2.08. The van der Waals surface area contributed by atoms with Gasteiger partial charge >= 0.3 is 0 Å². The van der Waals surface area contributed by atoms with Gasteiger partial charge in [0.1, 0.15) is 11.6 Å². The summed E-state index contributed by atoms with van der Waals surface area (Å²) in [5, 5.41) is 3.18. The fourth-order valence-corrected chi connectivity index (χ4v) is 1.96. The third-order valence-electron chi connectivity index (χ3n) is 3.32. The number of ether oxygens (including phenoxy) is 1. The maximum Gasteiger partial charge on any atom is 0.131 e. The first-order valence-corrected chi connectivity index (χ1v) is 6.29. The van der Waals surface area contributed by atoms with Gasteiger partial charge in [-0.1, -0.05) is 6.07 Å². The Bertz CT molecular complexity index is 551. The summed E-state index contributed by atoms with van der Waals surface area (Å²) in [7, 11) is 3.46. The van der Waals surface area contributed by atoms with Crippen molar-refractivity contribution in [3.8, 4) is 5.75 Å². The van der Waals surface area contributed by atoms with E-state index in [9.17, 15) is 4.39 Å². The molecule has 0 fully saturated rings. The summed E-state index contributed by atoms with van der Waals surface area (Å²) in [5.74, 6) is 0.300. The average molecular weight is 262 g/mol. The van der Waals surface area contributed by atoms with Crippen LogP contribution in [0, 0.1) is 5.82 Å². The second-order valence-corrected chi connectivity index (χ2v) is 4.58. The lowest BCUT2D eigenvalue weighted by Crippen LogP contribution is -2.11. The van der Waals surface area contributed by atoms with Gasteiger partial charge in [-0.05, 0) is 31.7 Å². The first-order chi connectivity index (χ1) is 9.13. The molecule has 1 unspecified atom stereocenters. The molecule has 4 heteroatoms. The van der Waals surface area contributed by atoms with E-state index in [1.807, 2.05) is 30.1 Å². The maximum atomic E-state index is 13.8. The van der Waals surface area contributed by atoms with Gasteiger partial charge in [-0.3, -0.25) is 0 Å². The van der Waals surface area contributed by atoms with Crippen LogP contribution in [0.25, 0.3) is 0 Å². The topological polar surface area (TPSA) is 26.2 Å². The van der Waals surface area contributed by atoms with E-state index in [-0.39, 0.29) is 5.82 Å². The van der Waals surface area contributed by atoms with Crippen LogP contribution < -0.4 is 10.1 Å². The van der Waals surface area contributed by atoms with E-state index >= 15 is 0 Å². The summed E-state index contributed by atoms with van der Waals surface area (Å²) in [4.78, 5) is 0. The van der Waals surface area contributed by atoms with Gasteiger partial charge in [0.2, 0.25) is 0 Å². The van der Waals surface area contributed by atoms with Gasteiger partial charge in [0.05, 0.1) is 7.11 Å². The highest BCUT2D eigenvalue weighted by atomic mass is 19.1. The van der Waals surface area contributed by atoms with Crippen molar-refractivity contribution in [2.45, 2.75) is 19.5 Å². The molecule has 0 aliphatic heterocycles. The molecule has 19 heavy (non-hydrogen) atoms. The summed E-state index contributed by atoms with van der Waals surface area (Å²) in [6.45, 7) is 2.61. The highest BCUT2D eigenvalue weighted by molar-refractivity contribution is 5.29. The van der Waals surface area contributed by atoms with Crippen molar-refractivity contribution in [3.63, 3.8) is 0 Å². The first-order valence-electron chi connectivity index (χ1n) is 6.29. The Morgan fingerprint density at radius 2 is 2.16 bits per heavy atom. The molecule has 0 bridgehead atoms. The van der Waals surface area contributed by atoms with Crippen molar-refractivity contribution in [2.24, 2.45) is 0 Å². The van der Waals surface area contributed by atoms with Gasteiger partial charge in [0, 0.05) is 36.6 Å². The molecule has 1 aromatic heterocycles. The SMILES string of the molecule is CNC(C)c1ccn(Cc2ccc(OC)cc2F)c1. The molecule has 0 aliphatic rings. The molecule has 0 aliphatic carbocycles. The molecule has 1 atom stereocenters. The Kier molecular flexibility index (Phi) is 4.22. The van der Waals surface area contributed by atoms with Crippen LogP contribution in [0.15, 0.2) is 36.7 Å². The summed E-state index contributed by atoms with van der Waals surface area (Å²) in [6.07, 6.45) is 4.00. The molecular weight excluding hydrogens is 243 g/mol. The van der Waals surface area contributed by atoms with Crippen LogP contribution in [-0.2, 0) is 6.54 Å². The van der Waals surface area contributed by atoms with Gasteiger partial charge in [-0.15, -0.1) is 0 Å². The van der Waals surface area contributed by atoms with Crippen LogP contribution in [0.3, 0.4) is 0 Å². The number of rotatable bonds is 5. The number of nitrogens with one attached hydrogen (secondary N) is 1. The van der Waals surface area contributed by atoms with Crippen molar-refractivity contribution in [1.29, 1.82) is 0 Å². The fourth-order valence-electron chi connectivity index (χ4n) is 1.96. The lowest BCUT2D eigenvalue weighted by atomic mass is 10.2. The van der Waals surface area contributed by atoms with Gasteiger partial charge in [0.15, 0.2) is 0 Å². The molecule has 0 amide bonds. The minimum atomic E-state index is -0.240. The zero-order chi connectivity index (χ0) is 13.8. The standard InChI is InChI=1S/C15H19FN2O/c1-11(17-2)12-6-7-18(9-12)10-13-4-5-14(19-3)8-15(13)16/h4-9,11,17H,10H2,1-3H3. The van der Waals surface area contributed by atoms with Crippen LogP contribution in [-0.4, -0.2) is 18.7 Å². The van der Waals surface area contributed by atoms with Crippen molar-refractivity contribution in [1.82, 2.24) is 9.88 Å². The summed E-state index contributed by atoms with van der Waals surface area (Å²) in [6, 6.07) is 7.29. The van der Waals surface area contributed by atoms with Crippen LogP contribution >= 0.6 is 0 Å². The van der Waals surface area contributed by atoms with E-state index in [0.29, 0.717) is 23.9 Å². The van der Waals surface area contributed by atoms with E-state index in [0.717, 1.165) is 0 Å². The molecule has 3 nitrogen and oxygen atoms in total. The average Bonchev–Trinajstić information content (AvgIpc) is 2.88. The zero-order valence-corrected chi connectivity index (χ0v) is 11.5. The monoisotopic (exact) mass is 262 g/mol. The minimum Gasteiger partial charge on any atom is -0.497 e. The van der Waals surface area contributed by atoms with Crippen molar-refractivity contribution < 1.29 is 9.13 Å². The van der Waals surface area contributed by atoms with Gasteiger partial charge in [0.25, 0.3) is 0 Å². The Morgan fingerprint density at radius 1 is 1.37 bits per heavy atom. The maximum absolute atomic E-state index is 13.8. The summed E-state index contributed by atoms with van der Waals surface area (Å²) in [5.41, 5.74) is 1.84. The molecule has 1 aromatic carbocycles. The highest BCUT2D eigenvalue weighted by Crippen LogP contribution is 2.18. The lowest BCUT2D eigenvalue weighted by molar-refractivity contribution is 0.410. The number of halogens is 1. The number of aromatic nitrogens is 1. The van der Waals surface area contributed by atoms with Crippen LogP contribution in [0.4, 0.5) is 4.39 Å². The van der Waals surface area contributed by atoms with Gasteiger partial charge in [-0.2, -0.15) is 0 Å². The smallest absolute Gasteiger partial charge is 0.131 e. The molecule has 0 radical (unpaired) electrons. The number of nitrogens with zero attached hydrogens (tertiary/aromatic N) is 1. The third kappa shape index (κ3) is 3.15. The Morgan fingerprint density at radius 3 is 2.79 bits per heavy atom. The largest absolute Gasteiger partial charge is 0.497 e. The van der Waals surface area contributed by atoms with Crippen LogP contribution in [0.5, 0.6) is 5.75 Å². The number of hydrogen-bond donors (Lipinski definition) is 1. The Hall–Kier alpha value is -1.81. The molecule has 102 valence electrons. The number of benzene rings is 1. The van der Waals surface area contributed by atoms with E-state index in [4.69, 9.17) is 4.74 Å². The van der Waals surface area contributed by atoms with Crippen LogP contribution in [0.1, 0.15) is 24.1 Å². The molecule has 1 N–H and O–H groups in total. The molecule has 2 aromatic rings. The predicted molar refractivity (Wildman–Crippen MR) is 74.0 cm³/mol. The first kappa shape index (κ1) is 13.6. The number of hydrogen-bond acceptors (Lipinski definition) is 2. The van der Waals surface area contributed by atoms with E-state index < -0.39 is 0 Å². The molecule has 0 spiro atoms. The van der Waals surface area contributed by atoms with Crippen LogP contribution in [0.2, 0.25) is 0 Å². The Labute approximate surface area is 113 Å². The highest BCUT2D eigenvalue weighted by Gasteiger charge is 2.07. The summed E-state index contributed by atoms with van der Waals surface area (Å²) < 4.78 is 20.8.